The summed E-state index contributed by atoms with van der Waals surface area (Å²) in [5, 5.41) is 14.7. The van der Waals surface area contributed by atoms with E-state index in [2.05, 4.69) is 15.4 Å². The Labute approximate surface area is 198 Å². The van der Waals surface area contributed by atoms with Gasteiger partial charge in [-0.05, 0) is 37.8 Å². The van der Waals surface area contributed by atoms with Gasteiger partial charge in [0.25, 0.3) is 6.47 Å². The van der Waals surface area contributed by atoms with E-state index in [0.29, 0.717) is 12.4 Å². The summed E-state index contributed by atoms with van der Waals surface area (Å²) in [5.74, 6) is 1.70. The van der Waals surface area contributed by atoms with Gasteiger partial charge in [0, 0.05) is 74.3 Å². The Morgan fingerprint density at radius 3 is 2.79 bits per heavy atom. The highest BCUT2D eigenvalue weighted by Gasteiger charge is 2.45. The van der Waals surface area contributed by atoms with Gasteiger partial charge in [-0.15, -0.1) is 0 Å². The van der Waals surface area contributed by atoms with Gasteiger partial charge < -0.3 is 15.3 Å². The zero-order valence-corrected chi connectivity index (χ0v) is 19.4. The predicted molar refractivity (Wildman–Crippen MR) is 126 cm³/mol. The summed E-state index contributed by atoms with van der Waals surface area (Å²) in [4.78, 5) is 36.7. The number of pyridine rings is 1. The molecule has 0 aromatic carbocycles. The van der Waals surface area contributed by atoms with E-state index in [1.165, 1.54) is 5.56 Å². The van der Waals surface area contributed by atoms with Crippen molar-refractivity contribution in [1.82, 2.24) is 29.6 Å². The maximum absolute atomic E-state index is 12.1. The first kappa shape index (κ1) is 23.3. The van der Waals surface area contributed by atoms with Gasteiger partial charge in [-0.2, -0.15) is 5.10 Å². The molecule has 10 nitrogen and oxygen atoms in total. The molecule has 34 heavy (non-hydrogen) atoms. The number of amides is 1. The fraction of sp³-hybridized carbons (Fsp3) is 0.417. The van der Waals surface area contributed by atoms with E-state index in [4.69, 9.17) is 19.9 Å². The summed E-state index contributed by atoms with van der Waals surface area (Å²) in [6, 6.07) is 3.90. The van der Waals surface area contributed by atoms with E-state index in [9.17, 15) is 4.79 Å². The van der Waals surface area contributed by atoms with Crippen molar-refractivity contribution in [1.29, 1.82) is 0 Å². The molecule has 3 aromatic heterocycles. The van der Waals surface area contributed by atoms with E-state index >= 15 is 0 Å². The lowest BCUT2D eigenvalue weighted by atomic mass is 9.77. The smallest absolute Gasteiger partial charge is 0.290 e. The first-order valence-corrected chi connectivity index (χ1v) is 11.3. The number of aromatic nitrogens is 5. The number of piperidine rings is 1. The van der Waals surface area contributed by atoms with Crippen molar-refractivity contribution >= 4 is 18.2 Å². The average molecular weight is 464 g/mol. The molecule has 0 radical (unpaired) electrons. The van der Waals surface area contributed by atoms with E-state index in [0.717, 1.165) is 61.4 Å². The predicted octanol–water partition coefficient (Wildman–Crippen LogP) is 2.41. The minimum Gasteiger partial charge on any atom is -0.483 e. The Balaban J connectivity index is 0.000000868. The number of likely N-dealkylation sites (tertiary alicyclic amines) is 1. The lowest BCUT2D eigenvalue weighted by Crippen LogP contribution is -2.47. The van der Waals surface area contributed by atoms with Crippen molar-refractivity contribution < 1.29 is 14.7 Å². The van der Waals surface area contributed by atoms with Crippen molar-refractivity contribution in [2.75, 3.05) is 18.4 Å². The van der Waals surface area contributed by atoms with Crippen LogP contribution in [0.4, 0.5) is 5.82 Å². The molecule has 1 aliphatic carbocycles. The molecule has 3 aromatic rings. The van der Waals surface area contributed by atoms with Crippen LogP contribution in [-0.4, -0.2) is 60.2 Å². The number of fused-ring (bicyclic) bond motifs is 2. The van der Waals surface area contributed by atoms with Crippen LogP contribution in [0, 0.1) is 0 Å². The van der Waals surface area contributed by atoms with Gasteiger partial charge in [-0.3, -0.25) is 19.3 Å². The van der Waals surface area contributed by atoms with Crippen molar-refractivity contribution in [3.63, 3.8) is 0 Å². The molecule has 1 saturated heterocycles. The molecular formula is C24H29N7O3. The number of carbonyl (C=O) groups excluding carboxylic acids is 1. The number of carbonyl (C=O) groups is 2. The minimum absolute atomic E-state index is 0.0934. The Kier molecular flexibility index (Phi) is 6.85. The standard InChI is InChI=1S/C23H27N7O.CH2O2/c1-16(31)30-10-4-7-23(15-30)8-6-19-20(23)27-21(18-5-3-9-24-13-18)28-22(19)25-11-17-12-26-29(2)14-17;2-1-3/h3,5,9,12-14H,4,6-8,10-11,15H2,1-2H3,(H,25,27,28);1H,(H,2,3). The van der Waals surface area contributed by atoms with Gasteiger partial charge in [-0.1, -0.05) is 0 Å². The van der Waals surface area contributed by atoms with Crippen LogP contribution in [0.1, 0.15) is 43.0 Å². The molecule has 1 amide bonds. The molecule has 2 aliphatic rings. The van der Waals surface area contributed by atoms with Crippen LogP contribution in [0.3, 0.4) is 0 Å². The van der Waals surface area contributed by atoms with Crippen molar-refractivity contribution in [3.05, 3.63) is 53.7 Å². The minimum atomic E-state index is -0.250. The quantitative estimate of drug-likeness (QED) is 0.565. The fourth-order valence-corrected chi connectivity index (χ4v) is 4.96. The third-order valence-corrected chi connectivity index (χ3v) is 6.52. The third-order valence-electron chi connectivity index (χ3n) is 6.52. The Hall–Kier alpha value is -3.82. The molecule has 0 bridgehead atoms. The van der Waals surface area contributed by atoms with Crippen molar-refractivity contribution in [2.24, 2.45) is 7.05 Å². The van der Waals surface area contributed by atoms with E-state index in [-0.39, 0.29) is 17.8 Å². The molecule has 10 heteroatoms. The van der Waals surface area contributed by atoms with Crippen molar-refractivity contribution in [2.45, 2.75) is 44.6 Å². The normalized spacial score (nSPS) is 18.7. The number of hydrogen-bond donors (Lipinski definition) is 2. The van der Waals surface area contributed by atoms with Gasteiger partial charge >= 0.3 is 0 Å². The summed E-state index contributed by atoms with van der Waals surface area (Å²) in [5.41, 5.74) is 4.19. The molecule has 178 valence electrons. The molecule has 1 aliphatic heterocycles. The molecule has 1 fully saturated rings. The maximum Gasteiger partial charge on any atom is 0.290 e. The monoisotopic (exact) mass is 463 g/mol. The van der Waals surface area contributed by atoms with Crippen LogP contribution in [0.2, 0.25) is 0 Å². The van der Waals surface area contributed by atoms with Crippen molar-refractivity contribution in [3.8, 4) is 11.4 Å². The number of hydrogen-bond acceptors (Lipinski definition) is 7. The Morgan fingerprint density at radius 1 is 1.29 bits per heavy atom. The lowest BCUT2D eigenvalue weighted by Gasteiger charge is -2.40. The van der Waals surface area contributed by atoms with Crippen LogP contribution < -0.4 is 5.32 Å². The first-order chi connectivity index (χ1) is 16.5. The lowest BCUT2D eigenvalue weighted by molar-refractivity contribution is -0.131. The number of anilines is 1. The molecule has 1 atom stereocenters. The highest BCUT2D eigenvalue weighted by molar-refractivity contribution is 5.73. The summed E-state index contributed by atoms with van der Waals surface area (Å²) in [6.07, 6.45) is 11.4. The number of carboxylic acid groups (broad SMARTS) is 1. The highest BCUT2D eigenvalue weighted by atomic mass is 16.3. The second kappa shape index (κ2) is 9.98. The molecule has 0 saturated carbocycles. The SMILES string of the molecule is CC(=O)N1CCCC2(CCc3c(NCc4cnn(C)c4)nc(-c4cccnc4)nc32)C1.O=CO. The first-order valence-electron chi connectivity index (χ1n) is 11.3. The summed E-state index contributed by atoms with van der Waals surface area (Å²) in [6.45, 7) is 3.63. The zero-order valence-electron chi connectivity index (χ0n) is 19.4. The average Bonchev–Trinajstić information content (AvgIpc) is 3.42. The van der Waals surface area contributed by atoms with Crippen LogP contribution in [0.25, 0.3) is 11.4 Å². The Morgan fingerprint density at radius 2 is 2.12 bits per heavy atom. The van der Waals surface area contributed by atoms with Crippen LogP contribution in [0.15, 0.2) is 36.9 Å². The van der Waals surface area contributed by atoms with Gasteiger partial charge in [0.05, 0.1) is 11.9 Å². The number of nitrogens with zero attached hydrogens (tertiary/aromatic N) is 6. The second-order valence-corrected chi connectivity index (χ2v) is 8.77. The molecule has 1 spiro atoms. The topological polar surface area (TPSA) is 126 Å². The summed E-state index contributed by atoms with van der Waals surface area (Å²) < 4.78 is 1.80. The molecule has 1 unspecified atom stereocenters. The number of nitrogens with one attached hydrogen (secondary N) is 1. The van der Waals surface area contributed by atoms with Gasteiger partial charge in [0.15, 0.2) is 5.82 Å². The summed E-state index contributed by atoms with van der Waals surface area (Å²) in [7, 11) is 1.92. The number of aryl methyl sites for hydroxylation is 1. The second-order valence-electron chi connectivity index (χ2n) is 8.77. The van der Waals surface area contributed by atoms with Crippen LogP contribution >= 0.6 is 0 Å². The van der Waals surface area contributed by atoms with E-state index in [1.807, 2.05) is 36.5 Å². The largest absolute Gasteiger partial charge is 0.483 e. The highest BCUT2D eigenvalue weighted by Crippen LogP contribution is 2.46. The van der Waals surface area contributed by atoms with Gasteiger partial charge in [0.1, 0.15) is 5.82 Å². The summed E-state index contributed by atoms with van der Waals surface area (Å²) >= 11 is 0. The zero-order chi connectivity index (χ0) is 24.1. The Bertz CT molecular complexity index is 1160. The molecule has 5 rings (SSSR count). The number of rotatable bonds is 4. The van der Waals surface area contributed by atoms with E-state index < -0.39 is 0 Å². The van der Waals surface area contributed by atoms with Crippen LogP contribution in [0.5, 0.6) is 0 Å². The molecule has 4 heterocycles. The van der Waals surface area contributed by atoms with Gasteiger partial charge in [0.2, 0.25) is 5.91 Å². The van der Waals surface area contributed by atoms with Crippen LogP contribution in [-0.2, 0) is 35.0 Å². The molecule has 2 N–H and O–H groups in total. The fourth-order valence-electron chi connectivity index (χ4n) is 4.96. The van der Waals surface area contributed by atoms with Gasteiger partial charge in [-0.25, -0.2) is 9.97 Å². The third kappa shape index (κ3) is 4.75. The maximum atomic E-state index is 12.1. The van der Waals surface area contributed by atoms with E-state index in [1.54, 1.807) is 24.0 Å². The molecular weight excluding hydrogens is 434 g/mol.